The Hall–Kier alpha value is -0.235. The van der Waals surface area contributed by atoms with Crippen LogP contribution in [-0.4, -0.2) is 41.0 Å². The van der Waals surface area contributed by atoms with E-state index in [1.165, 1.54) is 0 Å². The Balaban J connectivity index is 2.72. The molecule has 0 aliphatic carbocycles. The van der Waals surface area contributed by atoms with Gasteiger partial charge >= 0.3 is 7.12 Å². The van der Waals surface area contributed by atoms with Crippen LogP contribution >= 0.6 is 31.9 Å². The third-order valence-electron chi connectivity index (χ3n) is 2.35. The second-order valence-corrected chi connectivity index (χ2v) is 5.44. The molecule has 0 fully saturated rings. The van der Waals surface area contributed by atoms with Crippen molar-refractivity contribution < 1.29 is 19.5 Å². The van der Waals surface area contributed by atoms with Gasteiger partial charge < -0.3 is 19.5 Å². The molecule has 0 aliphatic heterocycles. The maximum absolute atomic E-state index is 9.29. The normalized spacial score (nSPS) is 10.3. The molecule has 19 heavy (non-hydrogen) atoms. The van der Waals surface area contributed by atoms with Crippen molar-refractivity contribution in [1.82, 2.24) is 0 Å². The van der Waals surface area contributed by atoms with Crippen molar-refractivity contribution in [2.75, 3.05) is 23.9 Å². The van der Waals surface area contributed by atoms with Crippen molar-refractivity contribution in [2.45, 2.75) is 12.8 Å². The molecule has 0 unspecified atom stereocenters. The Labute approximate surface area is 130 Å². The minimum atomic E-state index is -1.55. The fourth-order valence-corrected chi connectivity index (χ4v) is 1.88. The van der Waals surface area contributed by atoms with E-state index >= 15 is 0 Å². The van der Waals surface area contributed by atoms with Crippen LogP contribution in [0, 0.1) is 0 Å². The highest BCUT2D eigenvalue weighted by atomic mass is 79.9. The fraction of sp³-hybridized carbons (Fsp3) is 0.500. The first kappa shape index (κ1) is 16.8. The summed E-state index contributed by atoms with van der Waals surface area (Å²) in [6.45, 7) is 1.11. The summed E-state index contributed by atoms with van der Waals surface area (Å²) >= 11 is 6.65. The van der Waals surface area contributed by atoms with E-state index in [0.717, 1.165) is 23.5 Å². The standard InChI is InChI=1S/C12H17BBr2O4/c14-5-1-7-18-10-3-4-11(13(16)17)12(9-10)19-8-2-6-15/h3-4,9,16-17H,1-2,5-8H2. The highest BCUT2D eigenvalue weighted by Crippen LogP contribution is 2.18. The van der Waals surface area contributed by atoms with Gasteiger partial charge in [-0.05, 0) is 18.9 Å². The quantitative estimate of drug-likeness (QED) is 0.379. The summed E-state index contributed by atoms with van der Waals surface area (Å²) in [4.78, 5) is 0. The molecule has 0 atom stereocenters. The smallest absolute Gasteiger partial charge is 0.492 e. The molecular weight excluding hydrogens is 379 g/mol. The molecule has 1 aromatic carbocycles. The number of benzene rings is 1. The van der Waals surface area contributed by atoms with E-state index in [4.69, 9.17) is 9.47 Å². The monoisotopic (exact) mass is 394 g/mol. The number of hydrogen-bond donors (Lipinski definition) is 2. The molecule has 106 valence electrons. The van der Waals surface area contributed by atoms with Gasteiger partial charge in [-0.25, -0.2) is 0 Å². The van der Waals surface area contributed by atoms with Crippen molar-refractivity contribution in [3.63, 3.8) is 0 Å². The topological polar surface area (TPSA) is 58.9 Å². The minimum Gasteiger partial charge on any atom is -0.494 e. The number of hydrogen-bond acceptors (Lipinski definition) is 4. The molecule has 1 aromatic rings. The lowest BCUT2D eigenvalue weighted by Gasteiger charge is -2.13. The number of ether oxygens (including phenoxy) is 2. The Morgan fingerprint density at radius 1 is 1.00 bits per heavy atom. The van der Waals surface area contributed by atoms with Gasteiger partial charge in [0.1, 0.15) is 11.5 Å². The number of rotatable bonds is 9. The van der Waals surface area contributed by atoms with Crippen molar-refractivity contribution in [2.24, 2.45) is 0 Å². The largest absolute Gasteiger partial charge is 0.494 e. The number of halogens is 2. The van der Waals surface area contributed by atoms with Crippen molar-refractivity contribution in [1.29, 1.82) is 0 Å². The van der Waals surface area contributed by atoms with E-state index in [2.05, 4.69) is 31.9 Å². The number of alkyl halides is 2. The third-order valence-corrected chi connectivity index (χ3v) is 3.47. The first-order valence-electron chi connectivity index (χ1n) is 6.06. The summed E-state index contributed by atoms with van der Waals surface area (Å²) in [5, 5.41) is 20.3. The minimum absolute atomic E-state index is 0.349. The molecule has 7 heteroatoms. The first-order valence-corrected chi connectivity index (χ1v) is 8.31. The molecule has 0 aliphatic rings. The Morgan fingerprint density at radius 3 is 2.21 bits per heavy atom. The summed E-state index contributed by atoms with van der Waals surface area (Å²) in [5.41, 5.74) is 0.349. The van der Waals surface area contributed by atoms with Gasteiger partial charge in [-0.3, -0.25) is 0 Å². The molecule has 0 saturated heterocycles. The molecule has 0 amide bonds. The molecule has 0 bridgehead atoms. The molecule has 1 rings (SSSR count). The summed E-state index contributed by atoms with van der Waals surface area (Å²) in [5.74, 6) is 1.12. The highest BCUT2D eigenvalue weighted by molar-refractivity contribution is 9.09. The second-order valence-electron chi connectivity index (χ2n) is 3.86. The third kappa shape index (κ3) is 6.16. The van der Waals surface area contributed by atoms with Crippen LogP contribution < -0.4 is 14.9 Å². The maximum atomic E-state index is 9.29. The Morgan fingerprint density at radius 2 is 1.63 bits per heavy atom. The summed E-state index contributed by atoms with van der Waals surface area (Å²) in [6, 6.07) is 5.01. The molecule has 0 spiro atoms. The van der Waals surface area contributed by atoms with E-state index in [1.54, 1.807) is 18.2 Å². The molecular formula is C12H17BBr2O4. The zero-order valence-corrected chi connectivity index (χ0v) is 13.7. The van der Waals surface area contributed by atoms with E-state index in [-0.39, 0.29) is 0 Å². The molecule has 0 radical (unpaired) electrons. The zero-order valence-electron chi connectivity index (χ0n) is 10.5. The molecule has 0 heterocycles. The lowest BCUT2D eigenvalue weighted by molar-refractivity contribution is 0.303. The molecule has 2 N–H and O–H groups in total. The molecule has 0 aromatic heterocycles. The zero-order chi connectivity index (χ0) is 14.1. The predicted molar refractivity (Wildman–Crippen MR) is 84.1 cm³/mol. The van der Waals surface area contributed by atoms with Crippen LogP contribution in [0.4, 0.5) is 0 Å². The van der Waals surface area contributed by atoms with Crippen LogP contribution in [-0.2, 0) is 0 Å². The first-order chi connectivity index (χ1) is 9.19. The van der Waals surface area contributed by atoms with Gasteiger partial charge in [-0.1, -0.05) is 37.9 Å². The van der Waals surface area contributed by atoms with Crippen LogP contribution in [0.3, 0.4) is 0 Å². The van der Waals surface area contributed by atoms with Crippen molar-refractivity contribution in [3.05, 3.63) is 18.2 Å². The van der Waals surface area contributed by atoms with Gasteiger partial charge in [0.25, 0.3) is 0 Å². The fourth-order valence-electron chi connectivity index (χ4n) is 1.42. The average Bonchev–Trinajstić information content (AvgIpc) is 2.39. The average molecular weight is 396 g/mol. The molecule has 0 saturated carbocycles. The van der Waals surface area contributed by atoms with Crippen LogP contribution in [0.15, 0.2) is 18.2 Å². The van der Waals surface area contributed by atoms with Gasteiger partial charge in [0.2, 0.25) is 0 Å². The van der Waals surface area contributed by atoms with Gasteiger partial charge in [-0.2, -0.15) is 0 Å². The SMILES string of the molecule is OB(O)c1ccc(OCCCBr)cc1OCCCBr. The maximum Gasteiger partial charge on any atom is 0.492 e. The second kappa shape index (κ2) is 9.63. The lowest BCUT2D eigenvalue weighted by atomic mass is 9.79. The van der Waals surface area contributed by atoms with Gasteiger partial charge in [0, 0.05) is 22.2 Å². The van der Waals surface area contributed by atoms with E-state index < -0.39 is 7.12 Å². The Kier molecular flexibility index (Phi) is 8.53. The van der Waals surface area contributed by atoms with Gasteiger partial charge in [-0.15, -0.1) is 0 Å². The van der Waals surface area contributed by atoms with Crippen LogP contribution in [0.25, 0.3) is 0 Å². The van der Waals surface area contributed by atoms with E-state index in [0.29, 0.717) is 30.2 Å². The Bertz CT molecular complexity index is 377. The molecule has 4 nitrogen and oxygen atoms in total. The summed E-state index contributed by atoms with van der Waals surface area (Å²) < 4.78 is 11.1. The van der Waals surface area contributed by atoms with Gasteiger partial charge in [0.15, 0.2) is 0 Å². The summed E-state index contributed by atoms with van der Waals surface area (Å²) in [6.07, 6.45) is 1.75. The van der Waals surface area contributed by atoms with Crippen molar-refractivity contribution in [3.8, 4) is 11.5 Å². The highest BCUT2D eigenvalue weighted by Gasteiger charge is 2.17. The van der Waals surface area contributed by atoms with Crippen LogP contribution in [0.1, 0.15) is 12.8 Å². The van der Waals surface area contributed by atoms with Crippen LogP contribution in [0.5, 0.6) is 11.5 Å². The van der Waals surface area contributed by atoms with Gasteiger partial charge in [0.05, 0.1) is 13.2 Å². The predicted octanol–water partition coefficient (Wildman–Crippen LogP) is 1.69. The van der Waals surface area contributed by atoms with E-state index in [1.807, 2.05) is 0 Å². The van der Waals surface area contributed by atoms with Crippen LogP contribution in [0.2, 0.25) is 0 Å². The van der Waals surface area contributed by atoms with Crippen molar-refractivity contribution >= 4 is 44.4 Å². The lowest BCUT2D eigenvalue weighted by Crippen LogP contribution is -2.31. The summed E-state index contributed by atoms with van der Waals surface area (Å²) in [7, 11) is -1.55. The van der Waals surface area contributed by atoms with E-state index in [9.17, 15) is 10.0 Å².